The number of fused-ring (bicyclic) bond motifs is 1. The molecule has 4 rings (SSSR count). The van der Waals surface area contributed by atoms with E-state index in [4.69, 9.17) is 10.5 Å². The Labute approximate surface area is 144 Å². The summed E-state index contributed by atoms with van der Waals surface area (Å²) in [5.74, 6) is 1.52. The van der Waals surface area contributed by atoms with Crippen LogP contribution in [-0.4, -0.2) is 30.6 Å². The number of hydrogen-bond donors (Lipinski definition) is 1. The van der Waals surface area contributed by atoms with Crippen molar-refractivity contribution in [2.75, 3.05) is 19.7 Å². The first-order valence-corrected chi connectivity index (χ1v) is 9.09. The van der Waals surface area contributed by atoms with Gasteiger partial charge in [-0.25, -0.2) is 0 Å². The van der Waals surface area contributed by atoms with E-state index in [9.17, 15) is 0 Å². The minimum absolute atomic E-state index is 0.466. The molecule has 126 valence electrons. The molecule has 0 aliphatic carbocycles. The molecule has 2 aliphatic heterocycles. The van der Waals surface area contributed by atoms with Crippen molar-refractivity contribution in [2.45, 2.75) is 37.8 Å². The van der Waals surface area contributed by atoms with Crippen LogP contribution in [0.4, 0.5) is 0 Å². The first kappa shape index (κ1) is 15.7. The van der Waals surface area contributed by atoms with E-state index in [1.807, 2.05) is 0 Å². The summed E-state index contributed by atoms with van der Waals surface area (Å²) in [6.07, 6.45) is 3.68. The van der Waals surface area contributed by atoms with E-state index in [-0.39, 0.29) is 0 Å². The van der Waals surface area contributed by atoms with Gasteiger partial charge >= 0.3 is 0 Å². The summed E-state index contributed by atoms with van der Waals surface area (Å²) in [5.41, 5.74) is 9.82. The predicted octanol–water partition coefficient (Wildman–Crippen LogP) is 3.33. The molecule has 0 saturated carbocycles. The van der Waals surface area contributed by atoms with Gasteiger partial charge in [0.2, 0.25) is 0 Å². The third-order valence-electron chi connectivity index (χ3n) is 5.49. The van der Waals surface area contributed by atoms with Gasteiger partial charge in [0.15, 0.2) is 0 Å². The number of likely N-dealkylation sites (tertiary alicyclic amines) is 1. The van der Waals surface area contributed by atoms with Gasteiger partial charge in [0.05, 0.1) is 6.04 Å². The summed E-state index contributed by atoms with van der Waals surface area (Å²) >= 11 is 0. The number of nitrogens with two attached hydrogens (primary N) is 1. The highest BCUT2D eigenvalue weighted by Gasteiger charge is 2.36. The van der Waals surface area contributed by atoms with Crippen LogP contribution in [0.25, 0.3) is 0 Å². The van der Waals surface area contributed by atoms with Crippen LogP contribution >= 0.6 is 0 Å². The minimum Gasteiger partial charge on any atom is -0.492 e. The van der Waals surface area contributed by atoms with E-state index in [1.165, 1.54) is 42.6 Å². The van der Waals surface area contributed by atoms with Crippen LogP contribution in [0.1, 0.15) is 35.4 Å². The summed E-state index contributed by atoms with van der Waals surface area (Å²) in [4.78, 5) is 2.63. The van der Waals surface area contributed by atoms with Gasteiger partial charge in [-0.2, -0.15) is 0 Å². The molecular formula is C21H26N2O. The SMILES string of the molecule is NCc1ccc2c(c1)C(Cc1ccccc1)C(N1CCCC1)CO2. The fourth-order valence-corrected chi connectivity index (χ4v) is 4.19. The lowest BCUT2D eigenvalue weighted by Crippen LogP contribution is -2.45. The van der Waals surface area contributed by atoms with Crippen LogP contribution in [0, 0.1) is 0 Å². The fourth-order valence-electron chi connectivity index (χ4n) is 4.19. The molecule has 2 heterocycles. The molecule has 2 aromatic carbocycles. The maximum Gasteiger partial charge on any atom is 0.122 e. The van der Waals surface area contributed by atoms with Crippen molar-refractivity contribution in [1.82, 2.24) is 4.90 Å². The molecule has 1 saturated heterocycles. The van der Waals surface area contributed by atoms with Crippen LogP contribution < -0.4 is 10.5 Å². The molecule has 2 atom stereocenters. The second kappa shape index (κ2) is 6.96. The molecular weight excluding hydrogens is 296 g/mol. The quantitative estimate of drug-likeness (QED) is 0.938. The second-order valence-corrected chi connectivity index (χ2v) is 6.99. The third-order valence-corrected chi connectivity index (χ3v) is 5.49. The summed E-state index contributed by atoms with van der Waals surface area (Å²) in [5, 5.41) is 0. The van der Waals surface area contributed by atoms with Gasteiger partial charge in [0.25, 0.3) is 0 Å². The Morgan fingerprint density at radius 2 is 1.79 bits per heavy atom. The summed E-state index contributed by atoms with van der Waals surface area (Å²) in [6, 6.07) is 17.8. The van der Waals surface area contributed by atoms with E-state index >= 15 is 0 Å². The fraction of sp³-hybridized carbons (Fsp3) is 0.429. The first-order valence-electron chi connectivity index (χ1n) is 9.09. The first-order chi connectivity index (χ1) is 11.8. The highest BCUT2D eigenvalue weighted by Crippen LogP contribution is 2.39. The number of hydrogen-bond acceptors (Lipinski definition) is 3. The molecule has 24 heavy (non-hydrogen) atoms. The number of rotatable bonds is 4. The van der Waals surface area contributed by atoms with Gasteiger partial charge in [-0.15, -0.1) is 0 Å². The topological polar surface area (TPSA) is 38.5 Å². The molecule has 3 heteroatoms. The lowest BCUT2D eigenvalue weighted by Gasteiger charge is -2.39. The van der Waals surface area contributed by atoms with Crippen molar-refractivity contribution in [1.29, 1.82) is 0 Å². The van der Waals surface area contributed by atoms with Crippen LogP contribution in [0.2, 0.25) is 0 Å². The van der Waals surface area contributed by atoms with Crippen LogP contribution in [-0.2, 0) is 13.0 Å². The van der Waals surface area contributed by atoms with Gasteiger partial charge in [-0.05, 0) is 55.1 Å². The molecule has 2 aromatic rings. The molecule has 2 N–H and O–H groups in total. The van der Waals surface area contributed by atoms with E-state index in [2.05, 4.69) is 53.4 Å². The molecule has 0 radical (unpaired) electrons. The summed E-state index contributed by atoms with van der Waals surface area (Å²) in [6.45, 7) is 3.78. The Morgan fingerprint density at radius 1 is 1.00 bits per heavy atom. The molecule has 0 amide bonds. The van der Waals surface area contributed by atoms with Crippen LogP contribution in [0.5, 0.6) is 5.75 Å². The zero-order chi connectivity index (χ0) is 16.4. The zero-order valence-electron chi connectivity index (χ0n) is 14.2. The molecule has 1 fully saturated rings. The van der Waals surface area contributed by atoms with Crippen molar-refractivity contribution in [2.24, 2.45) is 5.73 Å². The smallest absolute Gasteiger partial charge is 0.122 e. The van der Waals surface area contributed by atoms with Crippen LogP contribution in [0.3, 0.4) is 0 Å². The zero-order valence-corrected chi connectivity index (χ0v) is 14.2. The molecule has 0 aromatic heterocycles. The average Bonchev–Trinajstić information content (AvgIpc) is 3.17. The Bertz CT molecular complexity index is 679. The third kappa shape index (κ3) is 3.06. The molecule has 2 unspecified atom stereocenters. The Balaban J connectivity index is 1.70. The van der Waals surface area contributed by atoms with Crippen molar-refractivity contribution >= 4 is 0 Å². The van der Waals surface area contributed by atoms with Gasteiger partial charge in [-0.3, -0.25) is 4.90 Å². The van der Waals surface area contributed by atoms with Gasteiger partial charge in [0.1, 0.15) is 12.4 Å². The lowest BCUT2D eigenvalue weighted by atomic mass is 9.82. The van der Waals surface area contributed by atoms with E-state index in [1.54, 1.807) is 0 Å². The average molecular weight is 322 g/mol. The van der Waals surface area contributed by atoms with E-state index in [0.29, 0.717) is 18.5 Å². The largest absolute Gasteiger partial charge is 0.492 e. The predicted molar refractivity (Wildman–Crippen MR) is 97.3 cm³/mol. The van der Waals surface area contributed by atoms with E-state index in [0.717, 1.165) is 18.8 Å². The second-order valence-electron chi connectivity index (χ2n) is 6.99. The summed E-state index contributed by atoms with van der Waals surface area (Å²) in [7, 11) is 0. The van der Waals surface area contributed by atoms with Crippen molar-refractivity contribution < 1.29 is 4.74 Å². The van der Waals surface area contributed by atoms with Gasteiger partial charge in [0, 0.05) is 12.5 Å². The van der Waals surface area contributed by atoms with E-state index < -0.39 is 0 Å². The van der Waals surface area contributed by atoms with Crippen molar-refractivity contribution in [3.8, 4) is 5.75 Å². The highest BCUT2D eigenvalue weighted by molar-refractivity contribution is 5.43. The monoisotopic (exact) mass is 322 g/mol. The molecule has 3 nitrogen and oxygen atoms in total. The normalized spacial score (nSPS) is 23.7. The lowest BCUT2D eigenvalue weighted by molar-refractivity contribution is 0.116. The maximum absolute atomic E-state index is 6.13. The number of nitrogens with zero attached hydrogens (tertiary/aromatic N) is 1. The standard InChI is InChI=1S/C21H26N2O/c22-14-17-8-9-21-19(13-17)18(12-16-6-2-1-3-7-16)20(15-24-21)23-10-4-5-11-23/h1-3,6-9,13,18,20H,4-5,10-12,14-15,22H2. The number of benzene rings is 2. The molecule has 0 bridgehead atoms. The Hall–Kier alpha value is -1.84. The van der Waals surface area contributed by atoms with Gasteiger partial charge < -0.3 is 10.5 Å². The highest BCUT2D eigenvalue weighted by atomic mass is 16.5. The Morgan fingerprint density at radius 3 is 2.54 bits per heavy atom. The van der Waals surface area contributed by atoms with Gasteiger partial charge in [-0.1, -0.05) is 42.5 Å². The molecule has 0 spiro atoms. The summed E-state index contributed by atoms with van der Waals surface area (Å²) < 4.78 is 6.13. The molecule has 2 aliphatic rings. The van der Waals surface area contributed by atoms with Crippen molar-refractivity contribution in [3.05, 3.63) is 65.2 Å². The maximum atomic E-state index is 6.13. The van der Waals surface area contributed by atoms with Crippen molar-refractivity contribution in [3.63, 3.8) is 0 Å². The minimum atomic E-state index is 0.466. The Kier molecular flexibility index (Phi) is 4.54. The van der Waals surface area contributed by atoms with Crippen LogP contribution in [0.15, 0.2) is 48.5 Å². The number of ether oxygens (including phenoxy) is 1.